The summed E-state index contributed by atoms with van der Waals surface area (Å²) in [7, 11) is -2.36. The van der Waals surface area contributed by atoms with Crippen LogP contribution >= 0.6 is 0 Å². The first-order chi connectivity index (χ1) is 8.19. The molecule has 1 aromatic rings. The maximum Gasteiger partial charge on any atom is 0.181 e. The average molecular weight is 276 g/mol. The highest BCUT2D eigenvalue weighted by Crippen LogP contribution is 2.19. The molecule has 4 nitrogen and oxygen atoms in total. The summed E-state index contributed by atoms with van der Waals surface area (Å²) in [4.78, 5) is -0.145. The van der Waals surface area contributed by atoms with E-state index in [0.29, 0.717) is 0 Å². The Kier molecular flexibility index (Phi) is 4.47. The molecule has 0 aliphatic heterocycles. The average Bonchev–Trinajstić information content (AvgIpc) is 2.28. The molecule has 6 heteroatoms. The van der Waals surface area contributed by atoms with E-state index in [4.69, 9.17) is 4.74 Å². The lowest BCUT2D eigenvalue weighted by Gasteiger charge is -2.28. The molecule has 18 heavy (non-hydrogen) atoms. The first-order valence-electron chi connectivity index (χ1n) is 5.40. The highest BCUT2D eigenvalue weighted by Gasteiger charge is 2.32. The molecule has 1 rings (SSSR count). The molecular weight excluding hydrogens is 259 g/mol. The maximum absolute atomic E-state index is 13.0. The summed E-state index contributed by atoms with van der Waals surface area (Å²) in [5, 5.41) is 9.85. The Balaban J connectivity index is 2.96. The van der Waals surface area contributed by atoms with Gasteiger partial charge in [-0.15, -0.1) is 0 Å². The van der Waals surface area contributed by atoms with Crippen molar-refractivity contribution in [1.82, 2.24) is 0 Å². The van der Waals surface area contributed by atoms with Gasteiger partial charge in [-0.05, 0) is 32.0 Å². The normalized spacial score (nSPS) is 14.5. The van der Waals surface area contributed by atoms with Crippen molar-refractivity contribution in [1.29, 1.82) is 0 Å². The van der Waals surface area contributed by atoms with Gasteiger partial charge in [0.1, 0.15) is 5.82 Å². The monoisotopic (exact) mass is 276 g/mol. The summed E-state index contributed by atoms with van der Waals surface area (Å²) in [6, 6.07) is 4.71. The smallest absolute Gasteiger partial charge is 0.181 e. The molecule has 0 radical (unpaired) electrons. The third kappa shape index (κ3) is 3.51. The molecule has 0 saturated heterocycles. The minimum Gasteiger partial charge on any atom is -0.389 e. The lowest BCUT2D eigenvalue weighted by Crippen LogP contribution is -2.42. The third-order valence-electron chi connectivity index (χ3n) is 2.86. The molecule has 0 aliphatic rings. The van der Waals surface area contributed by atoms with E-state index in [0.717, 1.165) is 12.1 Å². The number of sulfone groups is 1. The zero-order valence-electron chi connectivity index (χ0n) is 10.6. The van der Waals surface area contributed by atoms with Crippen molar-refractivity contribution in [2.45, 2.75) is 30.4 Å². The Morgan fingerprint density at radius 3 is 2.56 bits per heavy atom. The maximum atomic E-state index is 13.0. The Labute approximate surface area is 106 Å². The molecule has 0 aliphatic carbocycles. The lowest BCUT2D eigenvalue weighted by molar-refractivity contribution is -0.0672. The Bertz CT molecular complexity index is 511. The predicted octanol–water partition coefficient (Wildman–Crippen LogP) is 1.39. The zero-order chi connectivity index (χ0) is 14.0. The molecule has 0 bridgehead atoms. The second kappa shape index (κ2) is 5.34. The fourth-order valence-corrected chi connectivity index (χ4v) is 2.89. The van der Waals surface area contributed by atoms with E-state index < -0.39 is 33.1 Å². The number of ether oxygens (including phenoxy) is 1. The van der Waals surface area contributed by atoms with Crippen molar-refractivity contribution in [2.75, 3.05) is 12.9 Å². The van der Waals surface area contributed by atoms with Gasteiger partial charge in [-0.2, -0.15) is 0 Å². The number of rotatable bonds is 5. The van der Waals surface area contributed by atoms with Crippen LogP contribution in [0.4, 0.5) is 4.39 Å². The minimum atomic E-state index is -3.75. The van der Waals surface area contributed by atoms with Crippen molar-refractivity contribution < 1.29 is 22.7 Å². The third-order valence-corrected chi connectivity index (χ3v) is 4.59. The van der Waals surface area contributed by atoms with Crippen molar-refractivity contribution in [2.24, 2.45) is 0 Å². The van der Waals surface area contributed by atoms with Gasteiger partial charge in [0.15, 0.2) is 9.84 Å². The SMILES string of the molecule is COC(C)(C)C(O)CS(=O)(=O)c1cccc(F)c1. The van der Waals surface area contributed by atoms with Crippen LogP contribution in [0, 0.1) is 5.82 Å². The number of hydrogen-bond donors (Lipinski definition) is 1. The Morgan fingerprint density at radius 1 is 1.44 bits per heavy atom. The molecule has 0 aromatic heterocycles. The fourth-order valence-electron chi connectivity index (χ4n) is 1.30. The molecule has 1 unspecified atom stereocenters. The molecule has 0 fully saturated rings. The molecule has 1 N–H and O–H groups in total. The van der Waals surface area contributed by atoms with Crippen LogP contribution in [0.25, 0.3) is 0 Å². The topological polar surface area (TPSA) is 63.6 Å². The van der Waals surface area contributed by atoms with Crippen LogP contribution in [-0.2, 0) is 14.6 Å². The van der Waals surface area contributed by atoms with E-state index >= 15 is 0 Å². The highest BCUT2D eigenvalue weighted by molar-refractivity contribution is 7.91. The summed E-state index contributed by atoms with van der Waals surface area (Å²) >= 11 is 0. The largest absolute Gasteiger partial charge is 0.389 e. The molecule has 1 aromatic carbocycles. The second-order valence-corrected chi connectivity index (χ2v) is 6.60. The van der Waals surface area contributed by atoms with Gasteiger partial charge in [-0.3, -0.25) is 0 Å². The van der Waals surface area contributed by atoms with Gasteiger partial charge in [0, 0.05) is 7.11 Å². The zero-order valence-corrected chi connectivity index (χ0v) is 11.4. The number of benzene rings is 1. The summed E-state index contributed by atoms with van der Waals surface area (Å²) in [5.74, 6) is -1.14. The Morgan fingerprint density at radius 2 is 2.06 bits per heavy atom. The van der Waals surface area contributed by atoms with Gasteiger partial charge in [-0.25, -0.2) is 12.8 Å². The van der Waals surface area contributed by atoms with Crippen molar-refractivity contribution in [3.8, 4) is 0 Å². The van der Waals surface area contributed by atoms with Gasteiger partial charge in [0.05, 0.1) is 22.4 Å². The van der Waals surface area contributed by atoms with Gasteiger partial charge >= 0.3 is 0 Å². The highest BCUT2D eigenvalue weighted by atomic mass is 32.2. The number of halogens is 1. The number of hydrogen-bond acceptors (Lipinski definition) is 4. The molecule has 1 atom stereocenters. The summed E-state index contributed by atoms with van der Waals surface area (Å²) < 4.78 is 42.0. The Hall–Kier alpha value is -0.980. The predicted molar refractivity (Wildman–Crippen MR) is 65.5 cm³/mol. The van der Waals surface area contributed by atoms with E-state index in [1.165, 1.54) is 19.2 Å². The van der Waals surface area contributed by atoms with Gasteiger partial charge in [0.2, 0.25) is 0 Å². The number of aliphatic hydroxyl groups excluding tert-OH is 1. The molecular formula is C12H17FO4S. The minimum absolute atomic E-state index is 0.145. The van der Waals surface area contributed by atoms with E-state index in [2.05, 4.69) is 0 Å². The van der Waals surface area contributed by atoms with Crippen LogP contribution in [0.15, 0.2) is 29.2 Å². The van der Waals surface area contributed by atoms with Crippen molar-refractivity contribution >= 4 is 9.84 Å². The van der Waals surface area contributed by atoms with Gasteiger partial charge in [0.25, 0.3) is 0 Å². The quantitative estimate of drug-likeness (QED) is 0.882. The summed E-state index contributed by atoms with van der Waals surface area (Å²) in [6.45, 7) is 3.16. The van der Waals surface area contributed by atoms with Crippen LogP contribution in [0.1, 0.15) is 13.8 Å². The molecule has 0 saturated carbocycles. The van der Waals surface area contributed by atoms with Crippen LogP contribution < -0.4 is 0 Å². The lowest BCUT2D eigenvalue weighted by atomic mass is 10.0. The second-order valence-electron chi connectivity index (χ2n) is 4.56. The first kappa shape index (κ1) is 15.1. The molecule has 0 heterocycles. The standard InChI is InChI=1S/C12H17FO4S/c1-12(2,17-3)11(14)8-18(15,16)10-6-4-5-9(13)7-10/h4-7,11,14H,8H2,1-3H3. The molecule has 102 valence electrons. The summed E-state index contributed by atoms with van der Waals surface area (Å²) in [5.41, 5.74) is -0.986. The van der Waals surface area contributed by atoms with E-state index in [1.807, 2.05) is 0 Å². The first-order valence-corrected chi connectivity index (χ1v) is 7.06. The molecule has 0 amide bonds. The number of aliphatic hydroxyl groups is 1. The van der Waals surface area contributed by atoms with Gasteiger partial charge < -0.3 is 9.84 Å². The van der Waals surface area contributed by atoms with E-state index in [-0.39, 0.29) is 4.90 Å². The number of methoxy groups -OCH3 is 1. The van der Waals surface area contributed by atoms with Crippen LogP contribution in [0.5, 0.6) is 0 Å². The van der Waals surface area contributed by atoms with E-state index in [1.54, 1.807) is 13.8 Å². The van der Waals surface area contributed by atoms with Crippen molar-refractivity contribution in [3.05, 3.63) is 30.1 Å². The van der Waals surface area contributed by atoms with Gasteiger partial charge in [-0.1, -0.05) is 6.07 Å². The van der Waals surface area contributed by atoms with E-state index in [9.17, 15) is 17.9 Å². The van der Waals surface area contributed by atoms with Crippen LogP contribution in [-0.4, -0.2) is 38.1 Å². The fraction of sp³-hybridized carbons (Fsp3) is 0.500. The van der Waals surface area contributed by atoms with Crippen LogP contribution in [0.2, 0.25) is 0 Å². The summed E-state index contributed by atoms with van der Waals surface area (Å²) in [6.07, 6.45) is -1.20. The molecule has 0 spiro atoms. The van der Waals surface area contributed by atoms with Crippen molar-refractivity contribution in [3.63, 3.8) is 0 Å². The van der Waals surface area contributed by atoms with Crippen LogP contribution in [0.3, 0.4) is 0 Å².